The van der Waals surface area contributed by atoms with Crippen molar-refractivity contribution in [1.82, 2.24) is 15.5 Å². The molecule has 2 rings (SSSR count). The Hall–Kier alpha value is -1.49. The molecule has 2 amide bonds. The van der Waals surface area contributed by atoms with E-state index in [1.54, 1.807) is 6.26 Å². The van der Waals surface area contributed by atoms with Gasteiger partial charge in [0.1, 0.15) is 5.76 Å². The first kappa shape index (κ1) is 17.9. The van der Waals surface area contributed by atoms with Gasteiger partial charge >= 0.3 is 6.03 Å². The molecule has 2 N–H and O–H groups in total. The lowest BCUT2D eigenvalue weighted by Crippen LogP contribution is -2.42. The molecule has 1 saturated heterocycles. The van der Waals surface area contributed by atoms with Crippen LogP contribution < -0.4 is 10.6 Å². The molecule has 2 heterocycles. The van der Waals surface area contributed by atoms with E-state index in [4.69, 9.17) is 4.42 Å². The zero-order valence-electron chi connectivity index (χ0n) is 14.5. The smallest absolute Gasteiger partial charge is 0.314 e. The second kappa shape index (κ2) is 9.60. The standard InChI is InChI=1S/C18H31N3O2/c1-15(2)9-10-19-18(22)20-14-16(17-8-7-13-23-17)21-11-5-3-4-6-12-21/h7-8,13,15-16H,3-6,9-12,14H2,1-2H3,(H2,19,20,22). The predicted molar refractivity (Wildman–Crippen MR) is 92.3 cm³/mol. The summed E-state index contributed by atoms with van der Waals surface area (Å²) in [5, 5.41) is 5.94. The van der Waals surface area contributed by atoms with Gasteiger partial charge in [0.25, 0.3) is 0 Å². The van der Waals surface area contributed by atoms with E-state index < -0.39 is 0 Å². The van der Waals surface area contributed by atoms with Gasteiger partial charge in [-0.3, -0.25) is 4.90 Å². The van der Waals surface area contributed by atoms with Crippen LogP contribution in [-0.2, 0) is 0 Å². The third-order valence-electron chi connectivity index (χ3n) is 4.42. The highest BCUT2D eigenvalue weighted by Gasteiger charge is 2.24. The monoisotopic (exact) mass is 321 g/mol. The third-order valence-corrected chi connectivity index (χ3v) is 4.42. The molecule has 5 heteroatoms. The van der Waals surface area contributed by atoms with Crippen LogP contribution in [-0.4, -0.2) is 37.1 Å². The Morgan fingerprint density at radius 1 is 1.22 bits per heavy atom. The van der Waals surface area contributed by atoms with Gasteiger partial charge in [-0.1, -0.05) is 26.7 Å². The van der Waals surface area contributed by atoms with Crippen LogP contribution in [0.25, 0.3) is 0 Å². The van der Waals surface area contributed by atoms with Gasteiger partial charge in [-0.05, 0) is 50.4 Å². The summed E-state index contributed by atoms with van der Waals surface area (Å²) < 4.78 is 5.62. The Bertz CT molecular complexity index is 437. The van der Waals surface area contributed by atoms with Crippen LogP contribution in [0, 0.1) is 5.92 Å². The van der Waals surface area contributed by atoms with E-state index in [2.05, 4.69) is 29.4 Å². The second-order valence-electron chi connectivity index (χ2n) is 6.80. The maximum atomic E-state index is 12.0. The van der Waals surface area contributed by atoms with Gasteiger partial charge in [0.15, 0.2) is 0 Å². The maximum absolute atomic E-state index is 12.0. The number of urea groups is 1. The zero-order valence-corrected chi connectivity index (χ0v) is 14.5. The Kier molecular flexibility index (Phi) is 7.46. The summed E-state index contributed by atoms with van der Waals surface area (Å²) in [6.45, 7) is 7.77. The van der Waals surface area contributed by atoms with Crippen LogP contribution in [0.4, 0.5) is 4.79 Å². The summed E-state index contributed by atoms with van der Waals surface area (Å²) in [5.74, 6) is 1.54. The minimum absolute atomic E-state index is 0.0861. The van der Waals surface area contributed by atoms with Crippen molar-refractivity contribution < 1.29 is 9.21 Å². The van der Waals surface area contributed by atoms with Crippen LogP contribution in [0.15, 0.2) is 22.8 Å². The number of carbonyl (C=O) groups is 1. The minimum atomic E-state index is -0.0861. The molecule has 0 aromatic carbocycles. The largest absolute Gasteiger partial charge is 0.468 e. The number of hydrogen-bond donors (Lipinski definition) is 2. The SMILES string of the molecule is CC(C)CCNC(=O)NCC(c1ccco1)N1CCCCCC1. The predicted octanol–water partition coefficient (Wildman–Crippen LogP) is 3.54. The topological polar surface area (TPSA) is 57.5 Å². The second-order valence-corrected chi connectivity index (χ2v) is 6.80. The number of rotatable bonds is 7. The highest BCUT2D eigenvalue weighted by Crippen LogP contribution is 2.24. The van der Waals surface area contributed by atoms with Gasteiger partial charge in [-0.15, -0.1) is 0 Å². The van der Waals surface area contributed by atoms with Crippen molar-refractivity contribution in [2.75, 3.05) is 26.2 Å². The van der Waals surface area contributed by atoms with E-state index in [1.165, 1.54) is 25.7 Å². The van der Waals surface area contributed by atoms with Crippen molar-refractivity contribution in [3.05, 3.63) is 24.2 Å². The Morgan fingerprint density at radius 2 is 1.96 bits per heavy atom. The summed E-state index contributed by atoms with van der Waals surface area (Å²) in [5.41, 5.74) is 0. The number of amides is 2. The Balaban J connectivity index is 1.86. The van der Waals surface area contributed by atoms with E-state index in [-0.39, 0.29) is 12.1 Å². The molecule has 1 fully saturated rings. The van der Waals surface area contributed by atoms with E-state index in [0.717, 1.165) is 31.8 Å². The quantitative estimate of drug-likeness (QED) is 0.807. The molecule has 5 nitrogen and oxygen atoms in total. The van der Waals surface area contributed by atoms with Gasteiger partial charge in [0.05, 0.1) is 12.3 Å². The first-order valence-corrected chi connectivity index (χ1v) is 8.96. The maximum Gasteiger partial charge on any atom is 0.314 e. The molecule has 0 radical (unpaired) electrons. The van der Waals surface area contributed by atoms with Crippen LogP contribution >= 0.6 is 0 Å². The number of nitrogens with zero attached hydrogens (tertiary/aromatic N) is 1. The first-order chi connectivity index (χ1) is 11.2. The minimum Gasteiger partial charge on any atom is -0.468 e. The van der Waals surface area contributed by atoms with Gasteiger partial charge in [0.2, 0.25) is 0 Å². The number of hydrogen-bond acceptors (Lipinski definition) is 3. The summed E-state index contributed by atoms with van der Waals surface area (Å²) in [6.07, 6.45) is 7.74. The van der Waals surface area contributed by atoms with Crippen LogP contribution in [0.3, 0.4) is 0 Å². The fraction of sp³-hybridized carbons (Fsp3) is 0.722. The lowest BCUT2D eigenvalue weighted by molar-refractivity contribution is 0.175. The van der Waals surface area contributed by atoms with Gasteiger partial charge < -0.3 is 15.1 Å². The fourth-order valence-electron chi connectivity index (χ4n) is 3.02. The van der Waals surface area contributed by atoms with E-state index in [0.29, 0.717) is 12.5 Å². The van der Waals surface area contributed by atoms with E-state index >= 15 is 0 Å². The van der Waals surface area contributed by atoms with Crippen molar-refractivity contribution in [2.24, 2.45) is 5.92 Å². The lowest BCUT2D eigenvalue weighted by Gasteiger charge is -2.29. The summed E-state index contributed by atoms with van der Waals surface area (Å²) >= 11 is 0. The number of carbonyl (C=O) groups excluding carboxylic acids is 1. The third kappa shape index (κ3) is 6.26. The molecule has 1 aliphatic heterocycles. The van der Waals surface area contributed by atoms with Crippen LogP contribution in [0.5, 0.6) is 0 Å². The van der Waals surface area contributed by atoms with Crippen molar-refractivity contribution in [3.63, 3.8) is 0 Å². The highest BCUT2D eigenvalue weighted by atomic mass is 16.3. The zero-order chi connectivity index (χ0) is 16.5. The average Bonchev–Trinajstić information content (AvgIpc) is 2.90. The molecule has 130 valence electrons. The van der Waals surface area contributed by atoms with Gasteiger partial charge in [-0.2, -0.15) is 0 Å². The van der Waals surface area contributed by atoms with Gasteiger partial charge in [0, 0.05) is 13.1 Å². The van der Waals surface area contributed by atoms with Crippen LogP contribution in [0.1, 0.15) is 57.8 Å². The molecule has 1 aromatic rings. The molecule has 0 bridgehead atoms. The van der Waals surface area contributed by atoms with Crippen molar-refractivity contribution in [3.8, 4) is 0 Å². The molecule has 0 saturated carbocycles. The highest BCUT2D eigenvalue weighted by molar-refractivity contribution is 5.73. The normalized spacial score (nSPS) is 17.7. The molecule has 1 aliphatic rings. The lowest BCUT2D eigenvalue weighted by atomic mass is 10.1. The Morgan fingerprint density at radius 3 is 2.57 bits per heavy atom. The summed E-state index contributed by atoms with van der Waals surface area (Å²) in [6, 6.07) is 3.97. The molecule has 1 atom stereocenters. The fourth-order valence-corrected chi connectivity index (χ4v) is 3.02. The molecule has 0 spiro atoms. The number of furan rings is 1. The van der Waals surface area contributed by atoms with Crippen molar-refractivity contribution >= 4 is 6.03 Å². The summed E-state index contributed by atoms with van der Waals surface area (Å²) in [7, 11) is 0. The number of likely N-dealkylation sites (tertiary alicyclic amines) is 1. The first-order valence-electron chi connectivity index (χ1n) is 8.96. The summed E-state index contributed by atoms with van der Waals surface area (Å²) in [4.78, 5) is 14.4. The molecular formula is C18H31N3O2. The molecular weight excluding hydrogens is 290 g/mol. The molecule has 1 unspecified atom stereocenters. The Labute approximate surface area is 139 Å². The van der Waals surface area contributed by atoms with Crippen molar-refractivity contribution in [1.29, 1.82) is 0 Å². The molecule has 0 aliphatic carbocycles. The van der Waals surface area contributed by atoms with Crippen molar-refractivity contribution in [2.45, 2.75) is 52.0 Å². The van der Waals surface area contributed by atoms with Crippen LogP contribution in [0.2, 0.25) is 0 Å². The molecule has 1 aromatic heterocycles. The van der Waals surface area contributed by atoms with Gasteiger partial charge in [-0.25, -0.2) is 4.79 Å². The van der Waals surface area contributed by atoms with E-state index in [9.17, 15) is 4.79 Å². The average molecular weight is 321 g/mol. The molecule has 23 heavy (non-hydrogen) atoms. The number of nitrogens with one attached hydrogen (secondary N) is 2. The van der Waals surface area contributed by atoms with E-state index in [1.807, 2.05) is 12.1 Å².